The van der Waals surface area contributed by atoms with E-state index >= 15 is 0 Å². The summed E-state index contributed by atoms with van der Waals surface area (Å²) in [6, 6.07) is 0. The molecule has 2 aromatic rings. The molecule has 0 amide bonds. The maximum absolute atomic E-state index is 5.36. The SMILES string of the molecule is CC(CCC1(C)CCC(C)(C)c2sc(N(C)CC3CC3)nc21)CN(C)c1nc2c(s1)C(C)(C)CCC2(C)C. The lowest BCUT2D eigenvalue weighted by Gasteiger charge is -2.40. The molecule has 212 valence electrons. The van der Waals surface area contributed by atoms with Crippen molar-refractivity contribution in [2.45, 2.75) is 128 Å². The molecule has 3 aliphatic rings. The van der Waals surface area contributed by atoms with Crippen LogP contribution in [-0.2, 0) is 21.7 Å². The first-order valence-corrected chi connectivity index (χ1v) is 16.7. The topological polar surface area (TPSA) is 32.3 Å². The van der Waals surface area contributed by atoms with E-state index in [1.54, 1.807) is 4.88 Å². The number of fused-ring (bicyclic) bond motifs is 2. The van der Waals surface area contributed by atoms with E-state index in [-0.39, 0.29) is 21.7 Å². The van der Waals surface area contributed by atoms with Crippen molar-refractivity contribution in [3.63, 3.8) is 0 Å². The maximum Gasteiger partial charge on any atom is 0.185 e. The second kappa shape index (κ2) is 9.75. The number of hydrogen-bond acceptors (Lipinski definition) is 6. The summed E-state index contributed by atoms with van der Waals surface area (Å²) in [6.07, 6.45) is 10.2. The Bertz CT molecular complexity index is 1120. The molecule has 3 aliphatic carbocycles. The Morgan fingerprint density at radius 3 is 1.89 bits per heavy atom. The number of aromatic nitrogens is 2. The van der Waals surface area contributed by atoms with Gasteiger partial charge in [0.15, 0.2) is 10.3 Å². The summed E-state index contributed by atoms with van der Waals surface area (Å²) in [4.78, 5) is 18.5. The number of rotatable bonds is 9. The molecular formula is C32H52N4S2. The monoisotopic (exact) mass is 556 g/mol. The molecule has 0 radical (unpaired) electrons. The fourth-order valence-electron chi connectivity index (χ4n) is 6.62. The van der Waals surface area contributed by atoms with Crippen molar-refractivity contribution in [2.75, 3.05) is 37.0 Å². The molecular weight excluding hydrogens is 505 g/mol. The minimum absolute atomic E-state index is 0.182. The van der Waals surface area contributed by atoms with Gasteiger partial charge in [-0.25, -0.2) is 9.97 Å². The average Bonchev–Trinajstić information content (AvgIpc) is 3.32. The summed E-state index contributed by atoms with van der Waals surface area (Å²) < 4.78 is 0. The number of anilines is 2. The first-order valence-electron chi connectivity index (χ1n) is 15.1. The number of nitrogens with zero attached hydrogens (tertiary/aromatic N) is 4. The molecule has 4 nitrogen and oxygen atoms in total. The molecule has 0 spiro atoms. The molecule has 1 fully saturated rings. The number of hydrogen-bond donors (Lipinski definition) is 0. The van der Waals surface area contributed by atoms with Gasteiger partial charge in [0, 0.05) is 58.6 Å². The lowest BCUT2D eigenvalue weighted by molar-refractivity contribution is 0.277. The van der Waals surface area contributed by atoms with Crippen LogP contribution in [0, 0.1) is 11.8 Å². The fraction of sp³-hybridized carbons (Fsp3) is 0.812. The zero-order chi connectivity index (χ0) is 27.7. The Labute approximate surface area is 240 Å². The van der Waals surface area contributed by atoms with Crippen molar-refractivity contribution >= 4 is 32.9 Å². The number of thiazole rings is 2. The zero-order valence-electron chi connectivity index (χ0n) is 25.8. The lowest BCUT2D eigenvalue weighted by atomic mass is 9.65. The van der Waals surface area contributed by atoms with Crippen LogP contribution in [0.3, 0.4) is 0 Å². The Kier molecular flexibility index (Phi) is 7.28. The van der Waals surface area contributed by atoms with E-state index < -0.39 is 0 Å². The molecule has 5 rings (SSSR count). The van der Waals surface area contributed by atoms with E-state index in [4.69, 9.17) is 9.97 Å². The molecule has 2 unspecified atom stereocenters. The van der Waals surface area contributed by atoms with Gasteiger partial charge in [-0.15, -0.1) is 22.7 Å². The van der Waals surface area contributed by atoms with Gasteiger partial charge in [0.2, 0.25) is 0 Å². The maximum atomic E-state index is 5.36. The van der Waals surface area contributed by atoms with Crippen molar-refractivity contribution in [1.29, 1.82) is 0 Å². The molecule has 6 heteroatoms. The van der Waals surface area contributed by atoms with Gasteiger partial charge in [0.25, 0.3) is 0 Å². The van der Waals surface area contributed by atoms with Gasteiger partial charge in [-0.3, -0.25) is 0 Å². The summed E-state index contributed by atoms with van der Waals surface area (Å²) in [5.74, 6) is 1.51. The standard InChI is InChI=1S/C32H52N4S2/c1-21(19-35(9)27-33-23-25(37-27)30(4,5)16-15-29(23,2)3)13-14-32(8)18-17-31(6,7)26-24(32)34-28(38-26)36(10)20-22-11-12-22/h21-22H,11-20H2,1-10H3. The van der Waals surface area contributed by atoms with Crippen molar-refractivity contribution in [3.05, 3.63) is 21.1 Å². The molecule has 0 bridgehead atoms. The quantitative estimate of drug-likeness (QED) is 0.309. The third-order valence-electron chi connectivity index (χ3n) is 10.0. The molecule has 2 atom stereocenters. The van der Waals surface area contributed by atoms with Crippen LogP contribution in [0.25, 0.3) is 0 Å². The van der Waals surface area contributed by atoms with Crippen LogP contribution < -0.4 is 9.80 Å². The van der Waals surface area contributed by atoms with Gasteiger partial charge in [-0.2, -0.15) is 0 Å². The summed E-state index contributed by atoms with van der Waals surface area (Å²) in [5, 5.41) is 2.45. The van der Waals surface area contributed by atoms with Crippen molar-refractivity contribution in [1.82, 2.24) is 9.97 Å². The van der Waals surface area contributed by atoms with E-state index in [2.05, 4.69) is 79.3 Å². The highest BCUT2D eigenvalue weighted by atomic mass is 32.1. The predicted molar refractivity (Wildman–Crippen MR) is 167 cm³/mol. The van der Waals surface area contributed by atoms with Crippen molar-refractivity contribution in [3.8, 4) is 0 Å². The minimum atomic E-state index is 0.182. The Balaban J connectivity index is 1.27. The molecule has 1 saturated carbocycles. The highest BCUT2D eigenvalue weighted by molar-refractivity contribution is 7.16. The van der Waals surface area contributed by atoms with E-state index in [1.807, 2.05) is 22.7 Å². The Morgan fingerprint density at radius 2 is 1.29 bits per heavy atom. The summed E-state index contributed by atoms with van der Waals surface area (Å²) in [6.45, 7) is 21.6. The predicted octanol–water partition coefficient (Wildman–Crippen LogP) is 8.68. The van der Waals surface area contributed by atoms with Crippen LogP contribution >= 0.6 is 22.7 Å². The second-order valence-electron chi connectivity index (χ2n) is 15.4. The van der Waals surface area contributed by atoms with Crippen LogP contribution in [0.1, 0.15) is 128 Å². The van der Waals surface area contributed by atoms with Crippen LogP contribution in [-0.4, -0.2) is 37.2 Å². The molecule has 2 aromatic heterocycles. The van der Waals surface area contributed by atoms with Crippen LogP contribution in [0.2, 0.25) is 0 Å². The molecule has 0 N–H and O–H groups in total. The van der Waals surface area contributed by atoms with Crippen molar-refractivity contribution < 1.29 is 0 Å². The molecule has 0 aromatic carbocycles. The highest BCUT2D eigenvalue weighted by Gasteiger charge is 2.44. The van der Waals surface area contributed by atoms with Gasteiger partial charge in [-0.1, -0.05) is 55.4 Å². The largest absolute Gasteiger partial charge is 0.351 e. The minimum Gasteiger partial charge on any atom is -0.351 e. The van der Waals surface area contributed by atoms with E-state index in [9.17, 15) is 0 Å². The highest BCUT2D eigenvalue weighted by Crippen LogP contribution is 2.52. The van der Waals surface area contributed by atoms with E-state index in [0.29, 0.717) is 5.92 Å². The fourth-order valence-corrected chi connectivity index (χ4v) is 9.28. The molecule has 38 heavy (non-hydrogen) atoms. The first-order chi connectivity index (χ1) is 17.6. The second-order valence-corrected chi connectivity index (χ2v) is 17.4. The molecule has 0 saturated heterocycles. The van der Waals surface area contributed by atoms with Gasteiger partial charge in [0.05, 0.1) is 11.4 Å². The smallest absolute Gasteiger partial charge is 0.185 e. The molecule has 2 heterocycles. The Morgan fingerprint density at radius 1 is 0.763 bits per heavy atom. The molecule has 0 aliphatic heterocycles. The average molecular weight is 557 g/mol. The first kappa shape index (κ1) is 28.4. The lowest BCUT2D eigenvalue weighted by Crippen LogP contribution is -2.36. The van der Waals surface area contributed by atoms with Gasteiger partial charge in [-0.05, 0) is 63.2 Å². The van der Waals surface area contributed by atoms with E-state index in [1.165, 1.54) is 84.4 Å². The summed E-state index contributed by atoms with van der Waals surface area (Å²) >= 11 is 3.92. The Hall–Kier alpha value is -1.14. The van der Waals surface area contributed by atoms with Crippen LogP contribution in [0.5, 0.6) is 0 Å². The zero-order valence-corrected chi connectivity index (χ0v) is 27.5. The van der Waals surface area contributed by atoms with Gasteiger partial charge >= 0.3 is 0 Å². The van der Waals surface area contributed by atoms with Gasteiger partial charge in [0.1, 0.15) is 0 Å². The van der Waals surface area contributed by atoms with Gasteiger partial charge < -0.3 is 9.80 Å². The summed E-state index contributed by atoms with van der Waals surface area (Å²) in [7, 11) is 4.51. The third kappa shape index (κ3) is 5.42. The third-order valence-corrected chi connectivity index (χ3v) is 13.1. The van der Waals surface area contributed by atoms with Crippen LogP contribution in [0.15, 0.2) is 0 Å². The normalized spacial score (nSPS) is 25.9. The summed E-state index contributed by atoms with van der Waals surface area (Å²) in [5.41, 5.74) is 3.61. The van der Waals surface area contributed by atoms with Crippen molar-refractivity contribution in [2.24, 2.45) is 11.8 Å². The van der Waals surface area contributed by atoms with Crippen LogP contribution in [0.4, 0.5) is 10.3 Å². The van der Waals surface area contributed by atoms with E-state index in [0.717, 1.165) is 12.5 Å².